The number of hydrogen-bond acceptors (Lipinski definition) is 0. The van der Waals surface area contributed by atoms with Crippen molar-refractivity contribution in [1.82, 2.24) is 0 Å². The average Bonchev–Trinajstić information content (AvgIpc) is 3.43. The van der Waals surface area contributed by atoms with Gasteiger partial charge in [-0.05, 0) is 105 Å². The van der Waals surface area contributed by atoms with Crippen LogP contribution in [-0.4, -0.2) is 0 Å². The monoisotopic (exact) mass is 648 g/mol. The largest absolute Gasteiger partial charge is 0.0622 e. The molecule has 1 aliphatic rings. The lowest BCUT2D eigenvalue weighted by Crippen LogP contribution is -2.16. The Hall–Kier alpha value is -6.24. The molecule has 9 aromatic rings. The molecule has 0 saturated heterocycles. The minimum Gasteiger partial charge on any atom is -0.0622 e. The van der Waals surface area contributed by atoms with Crippen LogP contribution in [0.4, 0.5) is 0 Å². The zero-order valence-electron chi connectivity index (χ0n) is 28.8. The van der Waals surface area contributed by atoms with Gasteiger partial charge in [0.25, 0.3) is 0 Å². The van der Waals surface area contributed by atoms with E-state index in [1.165, 1.54) is 99.1 Å². The molecule has 0 heterocycles. The minimum atomic E-state index is -0.127. The summed E-state index contributed by atoms with van der Waals surface area (Å²) in [5.74, 6) is 0. The van der Waals surface area contributed by atoms with Crippen molar-refractivity contribution < 1.29 is 0 Å². The smallest absolute Gasteiger partial charge is 0.0165 e. The summed E-state index contributed by atoms with van der Waals surface area (Å²) in [6, 6.07) is 67.2. The molecule has 240 valence electrons. The lowest BCUT2D eigenvalue weighted by atomic mass is 9.78. The van der Waals surface area contributed by atoms with E-state index in [-0.39, 0.29) is 5.41 Å². The minimum absolute atomic E-state index is 0.127. The molecular weight excluding hydrogens is 613 g/mol. The van der Waals surface area contributed by atoms with Gasteiger partial charge in [0.05, 0.1) is 0 Å². The molecule has 1 aliphatic carbocycles. The van der Waals surface area contributed by atoms with Crippen molar-refractivity contribution in [2.24, 2.45) is 0 Å². The third-order valence-electron chi connectivity index (χ3n) is 11.2. The van der Waals surface area contributed by atoms with E-state index in [9.17, 15) is 0 Å². The van der Waals surface area contributed by atoms with Gasteiger partial charge in [-0.2, -0.15) is 0 Å². The van der Waals surface area contributed by atoms with Crippen LogP contribution in [0.2, 0.25) is 0 Å². The summed E-state index contributed by atoms with van der Waals surface area (Å²) < 4.78 is 0. The molecule has 0 N–H and O–H groups in total. The zero-order valence-corrected chi connectivity index (χ0v) is 28.8. The van der Waals surface area contributed by atoms with E-state index in [4.69, 9.17) is 0 Å². The number of hydrogen-bond donors (Lipinski definition) is 0. The standard InChI is InChI=1S/C51H36/c1-51(2)46-31-30-35-16-6-7-19-39(35)49(46)45-25-13-24-40(50(45)51)37-17-12-18-38(32-37)48-43-22-10-8-20-41(43)47(42-21-9-11-23-44(42)48)36-28-26-34(27-29-36)33-14-4-3-5-15-33/h3-32H,1-2H3. The Bertz CT molecular complexity index is 2740. The first-order valence-corrected chi connectivity index (χ1v) is 17.9. The predicted octanol–water partition coefficient (Wildman–Crippen LogP) is 14.1. The molecule has 0 aliphatic heterocycles. The van der Waals surface area contributed by atoms with Crippen LogP contribution in [0.1, 0.15) is 25.0 Å². The fourth-order valence-corrected chi connectivity index (χ4v) is 8.94. The van der Waals surface area contributed by atoms with Gasteiger partial charge in [0.1, 0.15) is 0 Å². The quantitative estimate of drug-likeness (QED) is 0.167. The normalized spacial score (nSPS) is 13.1. The first-order valence-electron chi connectivity index (χ1n) is 17.9. The molecule has 51 heavy (non-hydrogen) atoms. The van der Waals surface area contributed by atoms with Gasteiger partial charge >= 0.3 is 0 Å². The Balaban J connectivity index is 1.16. The van der Waals surface area contributed by atoms with E-state index < -0.39 is 0 Å². The maximum absolute atomic E-state index is 2.43. The van der Waals surface area contributed by atoms with Crippen LogP contribution < -0.4 is 0 Å². The van der Waals surface area contributed by atoms with Crippen molar-refractivity contribution in [3.05, 3.63) is 193 Å². The summed E-state index contributed by atoms with van der Waals surface area (Å²) in [5, 5.41) is 7.71. The molecule has 10 rings (SSSR count). The highest BCUT2D eigenvalue weighted by Crippen LogP contribution is 2.54. The summed E-state index contributed by atoms with van der Waals surface area (Å²) in [6.45, 7) is 4.79. The Morgan fingerprint density at radius 2 is 0.804 bits per heavy atom. The molecule has 0 saturated carbocycles. The van der Waals surface area contributed by atoms with Gasteiger partial charge in [-0.3, -0.25) is 0 Å². The summed E-state index contributed by atoms with van der Waals surface area (Å²) in [5.41, 5.74) is 15.5. The Labute approximate surface area is 299 Å². The second kappa shape index (κ2) is 11.4. The van der Waals surface area contributed by atoms with Crippen molar-refractivity contribution in [3.8, 4) is 55.6 Å². The summed E-state index contributed by atoms with van der Waals surface area (Å²) in [4.78, 5) is 0. The fraction of sp³-hybridized carbons (Fsp3) is 0.0588. The highest BCUT2D eigenvalue weighted by Gasteiger charge is 2.38. The van der Waals surface area contributed by atoms with Gasteiger partial charge in [0, 0.05) is 5.41 Å². The maximum atomic E-state index is 2.43. The molecule has 0 spiro atoms. The molecular formula is C51H36. The third-order valence-corrected chi connectivity index (χ3v) is 11.2. The van der Waals surface area contributed by atoms with Gasteiger partial charge in [0.15, 0.2) is 0 Å². The van der Waals surface area contributed by atoms with Gasteiger partial charge in [-0.1, -0.05) is 190 Å². The first kappa shape index (κ1) is 29.7. The third kappa shape index (κ3) is 4.53. The first-order chi connectivity index (χ1) is 25.1. The average molecular weight is 649 g/mol. The molecule has 0 unspecified atom stereocenters. The second-order valence-electron chi connectivity index (χ2n) is 14.4. The molecule has 0 bridgehead atoms. The second-order valence-corrected chi connectivity index (χ2v) is 14.4. The van der Waals surface area contributed by atoms with Crippen LogP contribution in [0.5, 0.6) is 0 Å². The van der Waals surface area contributed by atoms with Crippen LogP contribution in [0.25, 0.3) is 88.0 Å². The number of fused-ring (bicyclic) bond motifs is 7. The lowest BCUT2D eigenvalue weighted by Gasteiger charge is -2.25. The highest BCUT2D eigenvalue weighted by atomic mass is 14.4. The topological polar surface area (TPSA) is 0 Å². The zero-order chi connectivity index (χ0) is 34.1. The van der Waals surface area contributed by atoms with Gasteiger partial charge in [-0.25, -0.2) is 0 Å². The van der Waals surface area contributed by atoms with Gasteiger partial charge in [0.2, 0.25) is 0 Å². The van der Waals surface area contributed by atoms with Crippen molar-refractivity contribution in [2.45, 2.75) is 19.3 Å². The molecule has 0 nitrogen and oxygen atoms in total. The molecule has 9 aromatic carbocycles. The molecule has 0 amide bonds. The van der Waals surface area contributed by atoms with Crippen LogP contribution in [0, 0.1) is 0 Å². The fourth-order valence-electron chi connectivity index (χ4n) is 8.94. The Morgan fingerprint density at radius 1 is 0.314 bits per heavy atom. The number of benzene rings is 9. The lowest BCUT2D eigenvalue weighted by molar-refractivity contribution is 0.662. The SMILES string of the molecule is CC1(C)c2ccc3ccccc3c2-c2cccc(-c3cccc(-c4c5ccccc5c(-c5ccc(-c6ccccc6)cc5)c5ccccc45)c3)c21. The predicted molar refractivity (Wildman–Crippen MR) is 218 cm³/mol. The van der Waals surface area contributed by atoms with E-state index in [1.54, 1.807) is 0 Å². The summed E-state index contributed by atoms with van der Waals surface area (Å²) in [7, 11) is 0. The van der Waals surface area contributed by atoms with Crippen molar-refractivity contribution in [2.75, 3.05) is 0 Å². The van der Waals surface area contributed by atoms with Crippen LogP contribution in [-0.2, 0) is 5.41 Å². The molecule has 0 aromatic heterocycles. The molecule has 0 atom stereocenters. The van der Waals surface area contributed by atoms with Crippen molar-refractivity contribution in [3.63, 3.8) is 0 Å². The Kier molecular flexibility index (Phi) is 6.63. The van der Waals surface area contributed by atoms with E-state index in [0.29, 0.717) is 0 Å². The summed E-state index contributed by atoms with van der Waals surface area (Å²) in [6.07, 6.45) is 0. The van der Waals surface area contributed by atoms with Crippen LogP contribution in [0.15, 0.2) is 182 Å². The Morgan fingerprint density at radius 3 is 1.49 bits per heavy atom. The van der Waals surface area contributed by atoms with Crippen LogP contribution in [0.3, 0.4) is 0 Å². The van der Waals surface area contributed by atoms with E-state index in [0.717, 1.165) is 0 Å². The molecule has 0 heteroatoms. The van der Waals surface area contributed by atoms with Crippen molar-refractivity contribution >= 4 is 32.3 Å². The van der Waals surface area contributed by atoms with Gasteiger partial charge < -0.3 is 0 Å². The van der Waals surface area contributed by atoms with E-state index >= 15 is 0 Å². The highest BCUT2D eigenvalue weighted by molar-refractivity contribution is 6.21. The molecule has 0 fully saturated rings. The maximum Gasteiger partial charge on any atom is 0.0165 e. The number of rotatable bonds is 4. The van der Waals surface area contributed by atoms with E-state index in [1.807, 2.05) is 0 Å². The summed E-state index contributed by atoms with van der Waals surface area (Å²) >= 11 is 0. The molecule has 0 radical (unpaired) electrons. The van der Waals surface area contributed by atoms with Crippen molar-refractivity contribution in [1.29, 1.82) is 0 Å². The van der Waals surface area contributed by atoms with Crippen LogP contribution >= 0.6 is 0 Å². The van der Waals surface area contributed by atoms with E-state index in [2.05, 4.69) is 196 Å². The van der Waals surface area contributed by atoms with Gasteiger partial charge in [-0.15, -0.1) is 0 Å².